The monoisotopic (exact) mass is 249 g/mol. The molecule has 0 amide bonds. The molecule has 0 spiro atoms. The summed E-state index contributed by atoms with van der Waals surface area (Å²) in [6, 6.07) is 6.90. The van der Waals surface area contributed by atoms with Crippen LogP contribution in [0, 0.1) is 0 Å². The van der Waals surface area contributed by atoms with Gasteiger partial charge in [-0.25, -0.2) is 4.79 Å². The lowest BCUT2D eigenvalue weighted by molar-refractivity contribution is 0.0697. The highest BCUT2D eigenvalue weighted by atomic mass is 32.2. The number of hydrogen-bond donors (Lipinski definition) is 1. The predicted molar refractivity (Wildman–Crippen MR) is 64.0 cm³/mol. The number of carbonyl (C=O) groups is 1. The van der Waals surface area contributed by atoms with E-state index in [0.29, 0.717) is 11.3 Å². The number of aryl methyl sites for hydroxylation is 1. The van der Waals surface area contributed by atoms with E-state index >= 15 is 0 Å². The van der Waals surface area contributed by atoms with E-state index in [4.69, 9.17) is 5.11 Å². The number of hydrogen-bond acceptors (Lipinski definition) is 4. The molecule has 0 fully saturated rings. The van der Waals surface area contributed by atoms with Crippen LogP contribution in [0.1, 0.15) is 15.9 Å². The Kier molecular flexibility index (Phi) is 3.43. The van der Waals surface area contributed by atoms with Gasteiger partial charge in [0, 0.05) is 12.8 Å². The van der Waals surface area contributed by atoms with Gasteiger partial charge in [0.1, 0.15) is 6.33 Å². The summed E-state index contributed by atoms with van der Waals surface area (Å²) in [5.41, 5.74) is 1.26. The molecule has 0 unspecified atom stereocenters. The maximum absolute atomic E-state index is 10.8. The van der Waals surface area contributed by atoms with Crippen molar-refractivity contribution in [3.05, 3.63) is 41.7 Å². The van der Waals surface area contributed by atoms with Crippen LogP contribution in [0.25, 0.3) is 0 Å². The van der Waals surface area contributed by atoms with Crippen LogP contribution in [0.3, 0.4) is 0 Å². The van der Waals surface area contributed by atoms with Crippen LogP contribution in [0.4, 0.5) is 0 Å². The summed E-state index contributed by atoms with van der Waals surface area (Å²) in [5, 5.41) is 17.4. The molecule has 5 nitrogen and oxygen atoms in total. The first-order chi connectivity index (χ1) is 8.16. The van der Waals surface area contributed by atoms with Crippen molar-refractivity contribution in [3.8, 4) is 0 Å². The maximum Gasteiger partial charge on any atom is 0.335 e. The molecular formula is C11H11N3O2S. The van der Waals surface area contributed by atoms with Gasteiger partial charge >= 0.3 is 5.97 Å². The first kappa shape index (κ1) is 11.7. The van der Waals surface area contributed by atoms with Crippen LogP contribution >= 0.6 is 11.8 Å². The molecule has 0 bridgehead atoms. The molecule has 1 aromatic heterocycles. The maximum atomic E-state index is 10.8. The summed E-state index contributed by atoms with van der Waals surface area (Å²) >= 11 is 1.52. The number of carboxylic acids is 1. The molecule has 88 valence electrons. The predicted octanol–water partition coefficient (Wildman–Crippen LogP) is 1.81. The zero-order valence-electron chi connectivity index (χ0n) is 9.20. The van der Waals surface area contributed by atoms with Gasteiger partial charge in [0.05, 0.1) is 5.56 Å². The molecule has 2 rings (SSSR count). The second-order valence-electron chi connectivity index (χ2n) is 3.52. The first-order valence-electron chi connectivity index (χ1n) is 4.96. The van der Waals surface area contributed by atoms with Gasteiger partial charge in [0.2, 0.25) is 0 Å². The van der Waals surface area contributed by atoms with Crippen LogP contribution < -0.4 is 0 Å². The molecule has 0 aliphatic rings. The fourth-order valence-corrected chi connectivity index (χ4v) is 2.18. The number of aromatic carboxylic acids is 1. The highest BCUT2D eigenvalue weighted by Crippen LogP contribution is 2.20. The van der Waals surface area contributed by atoms with E-state index in [1.54, 1.807) is 24.5 Å². The standard InChI is InChI=1S/C11H11N3O2S/c1-14-7-12-13-11(14)17-6-8-3-2-4-9(5-8)10(15)16/h2-5,7H,6H2,1H3,(H,15,16). The SMILES string of the molecule is Cn1cnnc1SCc1cccc(C(=O)O)c1. The molecule has 0 aliphatic carbocycles. The quantitative estimate of drug-likeness (QED) is 0.837. The Labute approximate surface area is 102 Å². The van der Waals surface area contributed by atoms with E-state index in [1.165, 1.54) is 11.8 Å². The highest BCUT2D eigenvalue weighted by molar-refractivity contribution is 7.98. The Morgan fingerprint density at radius 3 is 3.00 bits per heavy atom. The van der Waals surface area contributed by atoms with Crippen molar-refractivity contribution in [2.45, 2.75) is 10.9 Å². The van der Waals surface area contributed by atoms with Crippen LogP contribution in [0.5, 0.6) is 0 Å². The largest absolute Gasteiger partial charge is 0.478 e. The molecule has 0 radical (unpaired) electrons. The minimum atomic E-state index is -0.907. The van der Waals surface area contributed by atoms with Crippen molar-refractivity contribution in [2.75, 3.05) is 0 Å². The van der Waals surface area contributed by atoms with Gasteiger partial charge in [-0.3, -0.25) is 0 Å². The molecule has 1 aromatic carbocycles. The molecule has 1 N–H and O–H groups in total. The Bertz CT molecular complexity index is 539. The molecule has 0 aliphatic heterocycles. The number of thioether (sulfide) groups is 1. The fraction of sp³-hybridized carbons (Fsp3) is 0.182. The van der Waals surface area contributed by atoms with Crippen molar-refractivity contribution in [1.29, 1.82) is 0 Å². The number of aromatic nitrogens is 3. The molecule has 0 atom stereocenters. The summed E-state index contributed by atoms with van der Waals surface area (Å²) in [6.45, 7) is 0. The summed E-state index contributed by atoms with van der Waals surface area (Å²) < 4.78 is 1.83. The second-order valence-corrected chi connectivity index (χ2v) is 4.46. The summed E-state index contributed by atoms with van der Waals surface area (Å²) in [5.74, 6) is -0.233. The third kappa shape index (κ3) is 2.85. The lowest BCUT2D eigenvalue weighted by Gasteiger charge is -2.02. The van der Waals surface area contributed by atoms with E-state index in [9.17, 15) is 4.79 Å². The van der Waals surface area contributed by atoms with Crippen LogP contribution in [-0.2, 0) is 12.8 Å². The first-order valence-corrected chi connectivity index (χ1v) is 5.94. The van der Waals surface area contributed by atoms with Crippen LogP contribution in [0.2, 0.25) is 0 Å². The summed E-state index contributed by atoms with van der Waals surface area (Å²) in [4.78, 5) is 10.8. The lowest BCUT2D eigenvalue weighted by Crippen LogP contribution is -1.97. The molecule has 6 heteroatoms. The van der Waals surface area contributed by atoms with E-state index in [2.05, 4.69) is 10.2 Å². The van der Waals surface area contributed by atoms with Gasteiger partial charge in [-0.05, 0) is 17.7 Å². The van der Waals surface area contributed by atoms with Gasteiger partial charge in [0.15, 0.2) is 5.16 Å². The van der Waals surface area contributed by atoms with E-state index in [-0.39, 0.29) is 0 Å². The molecular weight excluding hydrogens is 238 g/mol. The van der Waals surface area contributed by atoms with Crippen molar-refractivity contribution in [3.63, 3.8) is 0 Å². The highest BCUT2D eigenvalue weighted by Gasteiger charge is 2.05. The zero-order chi connectivity index (χ0) is 12.3. The normalized spacial score (nSPS) is 10.4. The number of carboxylic acid groups (broad SMARTS) is 1. The van der Waals surface area contributed by atoms with Crippen molar-refractivity contribution in [2.24, 2.45) is 7.05 Å². The molecule has 0 saturated heterocycles. The van der Waals surface area contributed by atoms with E-state index in [0.717, 1.165) is 10.7 Å². The lowest BCUT2D eigenvalue weighted by atomic mass is 10.1. The minimum absolute atomic E-state index is 0.307. The Hall–Kier alpha value is -1.82. The molecule has 1 heterocycles. The third-order valence-corrected chi connectivity index (χ3v) is 3.32. The minimum Gasteiger partial charge on any atom is -0.478 e. The van der Waals surface area contributed by atoms with E-state index in [1.807, 2.05) is 17.7 Å². The summed E-state index contributed by atoms with van der Waals surface area (Å²) in [7, 11) is 1.87. The Morgan fingerprint density at radius 2 is 2.35 bits per heavy atom. The van der Waals surface area contributed by atoms with Crippen molar-refractivity contribution >= 4 is 17.7 Å². The molecule has 17 heavy (non-hydrogen) atoms. The molecule has 0 saturated carbocycles. The van der Waals surface area contributed by atoms with Gasteiger partial charge in [-0.1, -0.05) is 23.9 Å². The van der Waals surface area contributed by atoms with Crippen LogP contribution in [0.15, 0.2) is 35.7 Å². The van der Waals surface area contributed by atoms with Crippen LogP contribution in [-0.4, -0.2) is 25.8 Å². The zero-order valence-corrected chi connectivity index (χ0v) is 10.0. The fourth-order valence-electron chi connectivity index (χ4n) is 1.35. The summed E-state index contributed by atoms with van der Waals surface area (Å²) in [6.07, 6.45) is 1.63. The Morgan fingerprint density at radius 1 is 1.53 bits per heavy atom. The third-order valence-electron chi connectivity index (χ3n) is 2.21. The molecule has 2 aromatic rings. The van der Waals surface area contributed by atoms with Gasteiger partial charge < -0.3 is 9.67 Å². The smallest absolute Gasteiger partial charge is 0.335 e. The average molecular weight is 249 g/mol. The average Bonchev–Trinajstić information content (AvgIpc) is 2.72. The van der Waals surface area contributed by atoms with Crippen molar-refractivity contribution < 1.29 is 9.90 Å². The van der Waals surface area contributed by atoms with Gasteiger partial charge in [-0.15, -0.1) is 10.2 Å². The Balaban J connectivity index is 2.07. The van der Waals surface area contributed by atoms with Crippen molar-refractivity contribution in [1.82, 2.24) is 14.8 Å². The van der Waals surface area contributed by atoms with Gasteiger partial charge in [-0.2, -0.15) is 0 Å². The second kappa shape index (κ2) is 5.01. The topological polar surface area (TPSA) is 68.0 Å². The van der Waals surface area contributed by atoms with Gasteiger partial charge in [0.25, 0.3) is 0 Å². The number of benzene rings is 1. The van der Waals surface area contributed by atoms with E-state index < -0.39 is 5.97 Å². The number of nitrogens with zero attached hydrogens (tertiary/aromatic N) is 3. The number of rotatable bonds is 4.